The third kappa shape index (κ3) is 2.83. The molecule has 0 aromatic heterocycles. The summed E-state index contributed by atoms with van der Waals surface area (Å²) < 4.78 is 0. The Morgan fingerprint density at radius 3 is 2.62 bits per heavy atom. The lowest BCUT2D eigenvalue weighted by molar-refractivity contribution is 0.0731. The van der Waals surface area contributed by atoms with E-state index in [0.29, 0.717) is 13.1 Å². The molecule has 0 spiro atoms. The van der Waals surface area contributed by atoms with Crippen LogP contribution in [0.15, 0.2) is 18.2 Å². The molecule has 0 fully saturated rings. The summed E-state index contributed by atoms with van der Waals surface area (Å²) in [6, 6.07) is 5.85. The number of carbonyl (C=O) groups is 1. The summed E-state index contributed by atoms with van der Waals surface area (Å²) in [5.41, 5.74) is 2.79. The molecule has 1 aromatic rings. The lowest BCUT2D eigenvalue weighted by atomic mass is 10.0. The van der Waals surface area contributed by atoms with Crippen LogP contribution in [0.1, 0.15) is 28.4 Å². The van der Waals surface area contributed by atoms with Gasteiger partial charge in [-0.1, -0.05) is 17.7 Å². The Morgan fingerprint density at radius 2 is 2.06 bits per heavy atom. The summed E-state index contributed by atoms with van der Waals surface area (Å²) in [6.45, 7) is 6.83. The van der Waals surface area contributed by atoms with Gasteiger partial charge in [0.05, 0.1) is 6.61 Å². The van der Waals surface area contributed by atoms with Crippen molar-refractivity contribution < 1.29 is 9.90 Å². The van der Waals surface area contributed by atoms with Crippen LogP contribution < -0.4 is 0 Å². The fourth-order valence-corrected chi connectivity index (χ4v) is 1.66. The highest BCUT2D eigenvalue weighted by molar-refractivity contribution is 5.95. The zero-order chi connectivity index (χ0) is 12.1. The minimum absolute atomic E-state index is 0.00208. The number of benzene rings is 1. The van der Waals surface area contributed by atoms with Crippen LogP contribution in [0.5, 0.6) is 0 Å². The largest absolute Gasteiger partial charge is 0.395 e. The second kappa shape index (κ2) is 5.66. The summed E-state index contributed by atoms with van der Waals surface area (Å²) in [4.78, 5) is 13.8. The summed E-state index contributed by atoms with van der Waals surface area (Å²) in [7, 11) is 0. The van der Waals surface area contributed by atoms with Crippen molar-refractivity contribution in [1.82, 2.24) is 4.90 Å². The van der Waals surface area contributed by atoms with E-state index in [-0.39, 0.29) is 12.5 Å². The van der Waals surface area contributed by atoms with Gasteiger partial charge >= 0.3 is 0 Å². The standard InChI is InChI=1S/C13H19NO2/c1-4-14(7-8-15)13(16)12-9-10(2)5-6-11(12)3/h5-6,9,15H,4,7-8H2,1-3H3. The van der Waals surface area contributed by atoms with Gasteiger partial charge in [-0.2, -0.15) is 0 Å². The SMILES string of the molecule is CCN(CCO)C(=O)c1cc(C)ccc1C. The van der Waals surface area contributed by atoms with Gasteiger partial charge in [-0.05, 0) is 32.4 Å². The molecule has 0 aliphatic rings. The topological polar surface area (TPSA) is 40.5 Å². The van der Waals surface area contributed by atoms with Gasteiger partial charge in [-0.15, -0.1) is 0 Å². The summed E-state index contributed by atoms with van der Waals surface area (Å²) in [5.74, 6) is -0.00208. The predicted octanol–water partition coefficient (Wildman–Crippen LogP) is 1.76. The third-order valence-corrected chi connectivity index (χ3v) is 2.66. The zero-order valence-corrected chi connectivity index (χ0v) is 10.2. The fraction of sp³-hybridized carbons (Fsp3) is 0.462. The van der Waals surface area contributed by atoms with E-state index < -0.39 is 0 Å². The molecular formula is C13H19NO2. The van der Waals surface area contributed by atoms with Crippen molar-refractivity contribution in [1.29, 1.82) is 0 Å². The molecule has 0 unspecified atom stereocenters. The predicted molar refractivity (Wildman–Crippen MR) is 64.6 cm³/mol. The quantitative estimate of drug-likeness (QED) is 0.841. The number of aliphatic hydroxyl groups excluding tert-OH is 1. The van der Waals surface area contributed by atoms with Crippen molar-refractivity contribution in [3.8, 4) is 0 Å². The molecular weight excluding hydrogens is 202 g/mol. The van der Waals surface area contributed by atoms with E-state index in [1.54, 1.807) is 4.90 Å². The number of rotatable bonds is 4. The molecule has 0 aliphatic carbocycles. The van der Waals surface area contributed by atoms with Gasteiger partial charge in [0.25, 0.3) is 5.91 Å². The number of hydrogen-bond acceptors (Lipinski definition) is 2. The van der Waals surface area contributed by atoms with Gasteiger partial charge in [0.1, 0.15) is 0 Å². The molecule has 0 radical (unpaired) electrons. The minimum atomic E-state index is -0.00208. The van der Waals surface area contributed by atoms with Crippen LogP contribution in [0.25, 0.3) is 0 Å². The maximum absolute atomic E-state index is 12.2. The van der Waals surface area contributed by atoms with Crippen molar-refractivity contribution in [3.63, 3.8) is 0 Å². The molecule has 1 aromatic carbocycles. The van der Waals surface area contributed by atoms with E-state index in [2.05, 4.69) is 0 Å². The smallest absolute Gasteiger partial charge is 0.254 e. The van der Waals surface area contributed by atoms with Crippen LogP contribution in [-0.4, -0.2) is 35.6 Å². The van der Waals surface area contributed by atoms with Crippen molar-refractivity contribution in [2.45, 2.75) is 20.8 Å². The highest BCUT2D eigenvalue weighted by Gasteiger charge is 2.15. The molecule has 0 atom stereocenters. The lowest BCUT2D eigenvalue weighted by Gasteiger charge is -2.20. The average Bonchev–Trinajstić information content (AvgIpc) is 2.28. The second-order valence-corrected chi connectivity index (χ2v) is 3.93. The Labute approximate surface area is 96.7 Å². The average molecular weight is 221 g/mol. The number of amides is 1. The van der Waals surface area contributed by atoms with Gasteiger partial charge < -0.3 is 10.0 Å². The van der Waals surface area contributed by atoms with Crippen molar-refractivity contribution >= 4 is 5.91 Å². The highest BCUT2D eigenvalue weighted by atomic mass is 16.3. The van der Waals surface area contributed by atoms with Crippen molar-refractivity contribution in [3.05, 3.63) is 34.9 Å². The van der Waals surface area contributed by atoms with Crippen LogP contribution in [-0.2, 0) is 0 Å². The van der Waals surface area contributed by atoms with E-state index in [4.69, 9.17) is 5.11 Å². The van der Waals surface area contributed by atoms with Gasteiger partial charge in [0.15, 0.2) is 0 Å². The van der Waals surface area contributed by atoms with Crippen LogP contribution in [0, 0.1) is 13.8 Å². The normalized spacial score (nSPS) is 10.2. The molecule has 0 aliphatic heterocycles. The molecule has 3 heteroatoms. The number of hydrogen-bond donors (Lipinski definition) is 1. The first kappa shape index (κ1) is 12.7. The van der Waals surface area contributed by atoms with Gasteiger partial charge in [-0.25, -0.2) is 0 Å². The highest BCUT2D eigenvalue weighted by Crippen LogP contribution is 2.13. The summed E-state index contributed by atoms with van der Waals surface area (Å²) in [5, 5.41) is 8.89. The Kier molecular flexibility index (Phi) is 4.50. The Morgan fingerprint density at radius 1 is 1.38 bits per heavy atom. The first-order valence-electron chi connectivity index (χ1n) is 5.57. The molecule has 0 bridgehead atoms. The first-order valence-corrected chi connectivity index (χ1v) is 5.57. The molecule has 16 heavy (non-hydrogen) atoms. The second-order valence-electron chi connectivity index (χ2n) is 3.93. The summed E-state index contributed by atoms with van der Waals surface area (Å²) >= 11 is 0. The zero-order valence-electron chi connectivity index (χ0n) is 10.2. The van der Waals surface area contributed by atoms with Crippen LogP contribution in [0.3, 0.4) is 0 Å². The molecule has 0 saturated heterocycles. The number of likely N-dealkylation sites (N-methyl/N-ethyl adjacent to an activating group) is 1. The van der Waals surface area contributed by atoms with E-state index in [1.165, 1.54) is 0 Å². The number of aliphatic hydroxyl groups is 1. The first-order chi connectivity index (χ1) is 7.60. The van der Waals surface area contributed by atoms with Gasteiger partial charge in [0.2, 0.25) is 0 Å². The Hall–Kier alpha value is -1.35. The molecule has 0 saturated carbocycles. The van der Waals surface area contributed by atoms with Crippen LogP contribution in [0.4, 0.5) is 0 Å². The maximum Gasteiger partial charge on any atom is 0.254 e. The molecule has 0 heterocycles. The Bertz CT molecular complexity index is 374. The molecule has 3 nitrogen and oxygen atoms in total. The lowest BCUT2D eigenvalue weighted by Crippen LogP contribution is -2.33. The van der Waals surface area contributed by atoms with E-state index in [1.807, 2.05) is 39.0 Å². The molecule has 1 amide bonds. The van der Waals surface area contributed by atoms with E-state index in [9.17, 15) is 4.79 Å². The monoisotopic (exact) mass is 221 g/mol. The number of nitrogens with zero attached hydrogens (tertiary/aromatic N) is 1. The number of carbonyl (C=O) groups excluding carboxylic acids is 1. The minimum Gasteiger partial charge on any atom is -0.395 e. The summed E-state index contributed by atoms with van der Waals surface area (Å²) in [6.07, 6.45) is 0. The third-order valence-electron chi connectivity index (χ3n) is 2.66. The molecule has 88 valence electrons. The molecule has 1 rings (SSSR count). The molecule has 1 N–H and O–H groups in total. The van der Waals surface area contributed by atoms with E-state index >= 15 is 0 Å². The Balaban J connectivity index is 2.98. The maximum atomic E-state index is 12.2. The van der Waals surface area contributed by atoms with Crippen molar-refractivity contribution in [2.24, 2.45) is 0 Å². The van der Waals surface area contributed by atoms with E-state index in [0.717, 1.165) is 16.7 Å². The fourth-order valence-electron chi connectivity index (χ4n) is 1.66. The van der Waals surface area contributed by atoms with Crippen LogP contribution in [0.2, 0.25) is 0 Å². The number of aryl methyl sites for hydroxylation is 2. The van der Waals surface area contributed by atoms with Crippen molar-refractivity contribution in [2.75, 3.05) is 19.7 Å². The van der Waals surface area contributed by atoms with Gasteiger partial charge in [0, 0.05) is 18.7 Å². The van der Waals surface area contributed by atoms with Crippen LogP contribution >= 0.6 is 0 Å². The van der Waals surface area contributed by atoms with Gasteiger partial charge in [-0.3, -0.25) is 4.79 Å².